The van der Waals surface area contributed by atoms with Crippen LogP contribution in [0.15, 0.2) is 35.3 Å². The van der Waals surface area contributed by atoms with Gasteiger partial charge in [-0.1, -0.05) is 44.2 Å². The Morgan fingerprint density at radius 1 is 1.25 bits per heavy atom. The van der Waals surface area contributed by atoms with Gasteiger partial charge in [0.25, 0.3) is 0 Å². The lowest BCUT2D eigenvalue weighted by Gasteiger charge is -2.23. The number of carbonyl (C=O) groups is 1. The Balaban J connectivity index is 0.00000288. The van der Waals surface area contributed by atoms with Crippen LogP contribution in [0.1, 0.15) is 32.8 Å². The molecule has 1 aromatic rings. The second-order valence-corrected chi connectivity index (χ2v) is 6.77. The zero-order chi connectivity index (χ0) is 16.7. The summed E-state index contributed by atoms with van der Waals surface area (Å²) in [6.45, 7) is 10.1. The monoisotopic (exact) mass is 444 g/mol. The average molecular weight is 444 g/mol. The molecule has 1 saturated heterocycles. The van der Waals surface area contributed by atoms with Gasteiger partial charge < -0.3 is 15.5 Å². The molecular formula is C18H29IN4O. The molecule has 0 aromatic heterocycles. The summed E-state index contributed by atoms with van der Waals surface area (Å²) in [7, 11) is 0. The molecule has 2 N–H and O–H groups in total. The quantitative estimate of drug-likeness (QED) is 0.417. The maximum Gasteiger partial charge on any atom is 0.242 e. The summed E-state index contributed by atoms with van der Waals surface area (Å²) >= 11 is 0. The van der Waals surface area contributed by atoms with E-state index in [0.29, 0.717) is 12.0 Å². The highest BCUT2D eigenvalue weighted by molar-refractivity contribution is 14.0. The van der Waals surface area contributed by atoms with Gasteiger partial charge in [0.15, 0.2) is 5.96 Å². The van der Waals surface area contributed by atoms with Crippen LogP contribution in [-0.2, 0) is 11.3 Å². The third-order valence-corrected chi connectivity index (χ3v) is 4.02. The van der Waals surface area contributed by atoms with Gasteiger partial charge in [-0.2, -0.15) is 0 Å². The molecule has 1 aromatic carbocycles. The lowest BCUT2D eigenvalue weighted by Crippen LogP contribution is -2.41. The van der Waals surface area contributed by atoms with Crippen molar-refractivity contribution in [3.8, 4) is 0 Å². The van der Waals surface area contributed by atoms with Crippen LogP contribution in [0.2, 0.25) is 0 Å². The van der Waals surface area contributed by atoms with Crippen molar-refractivity contribution in [1.29, 1.82) is 0 Å². The van der Waals surface area contributed by atoms with Crippen LogP contribution in [0.4, 0.5) is 0 Å². The van der Waals surface area contributed by atoms with Crippen LogP contribution in [-0.4, -0.2) is 42.9 Å². The first-order chi connectivity index (χ1) is 11.0. The first-order valence-corrected chi connectivity index (χ1v) is 8.34. The molecule has 0 saturated carbocycles. The molecule has 0 radical (unpaired) electrons. The Bertz CT molecular complexity index is 545. The smallest absolute Gasteiger partial charge is 0.242 e. The minimum absolute atomic E-state index is 0. The van der Waals surface area contributed by atoms with E-state index in [4.69, 9.17) is 0 Å². The maximum absolute atomic E-state index is 12.0. The van der Waals surface area contributed by atoms with Crippen molar-refractivity contribution in [2.45, 2.75) is 33.7 Å². The number of likely N-dealkylation sites (tertiary alicyclic amines) is 1. The van der Waals surface area contributed by atoms with Gasteiger partial charge in [0.2, 0.25) is 5.91 Å². The van der Waals surface area contributed by atoms with Crippen molar-refractivity contribution >= 4 is 35.8 Å². The number of hydrogen-bond acceptors (Lipinski definition) is 2. The summed E-state index contributed by atoms with van der Waals surface area (Å²) < 4.78 is 0. The minimum atomic E-state index is -0.0530. The molecule has 1 fully saturated rings. The molecule has 5 nitrogen and oxygen atoms in total. The zero-order valence-corrected chi connectivity index (χ0v) is 17.2. The SMILES string of the molecule is CCNC(=NCC(=O)NCc1ccccc1)N1CCC(C)(C)C1.I. The molecule has 0 bridgehead atoms. The molecule has 2 rings (SSSR count). The highest BCUT2D eigenvalue weighted by Crippen LogP contribution is 2.28. The Morgan fingerprint density at radius 2 is 1.96 bits per heavy atom. The highest BCUT2D eigenvalue weighted by Gasteiger charge is 2.30. The summed E-state index contributed by atoms with van der Waals surface area (Å²) in [5.74, 6) is 0.788. The van der Waals surface area contributed by atoms with E-state index >= 15 is 0 Å². The maximum atomic E-state index is 12.0. The highest BCUT2D eigenvalue weighted by atomic mass is 127. The van der Waals surface area contributed by atoms with Gasteiger partial charge in [-0.25, -0.2) is 4.99 Å². The van der Waals surface area contributed by atoms with Crippen molar-refractivity contribution in [2.24, 2.45) is 10.4 Å². The number of benzene rings is 1. The van der Waals surface area contributed by atoms with Gasteiger partial charge in [-0.15, -0.1) is 24.0 Å². The van der Waals surface area contributed by atoms with E-state index in [9.17, 15) is 4.79 Å². The molecule has 0 atom stereocenters. The van der Waals surface area contributed by atoms with Gasteiger partial charge >= 0.3 is 0 Å². The molecule has 1 heterocycles. The predicted octanol–water partition coefficient (Wildman–Crippen LogP) is 2.62. The van der Waals surface area contributed by atoms with E-state index in [0.717, 1.165) is 37.6 Å². The topological polar surface area (TPSA) is 56.7 Å². The normalized spacial score (nSPS) is 16.5. The summed E-state index contributed by atoms with van der Waals surface area (Å²) in [5, 5.41) is 6.20. The van der Waals surface area contributed by atoms with E-state index in [1.165, 1.54) is 0 Å². The number of nitrogens with one attached hydrogen (secondary N) is 2. The van der Waals surface area contributed by atoms with E-state index < -0.39 is 0 Å². The van der Waals surface area contributed by atoms with E-state index in [1.807, 2.05) is 37.3 Å². The van der Waals surface area contributed by atoms with Crippen LogP contribution >= 0.6 is 24.0 Å². The Labute approximate surface area is 162 Å². The summed E-state index contributed by atoms with van der Waals surface area (Å²) in [6.07, 6.45) is 1.15. The third kappa shape index (κ3) is 6.67. The van der Waals surface area contributed by atoms with Crippen molar-refractivity contribution in [3.63, 3.8) is 0 Å². The number of carbonyl (C=O) groups excluding carboxylic acids is 1. The molecule has 24 heavy (non-hydrogen) atoms. The minimum Gasteiger partial charge on any atom is -0.357 e. The van der Waals surface area contributed by atoms with Crippen molar-refractivity contribution in [1.82, 2.24) is 15.5 Å². The summed E-state index contributed by atoms with van der Waals surface area (Å²) in [5.41, 5.74) is 1.41. The van der Waals surface area contributed by atoms with E-state index in [1.54, 1.807) is 0 Å². The molecule has 1 amide bonds. The second kappa shape index (κ2) is 9.86. The van der Waals surface area contributed by atoms with Crippen LogP contribution in [0.25, 0.3) is 0 Å². The molecule has 0 spiro atoms. The first-order valence-electron chi connectivity index (χ1n) is 8.34. The van der Waals surface area contributed by atoms with E-state index in [-0.39, 0.29) is 36.4 Å². The molecule has 1 aliphatic rings. The van der Waals surface area contributed by atoms with Crippen LogP contribution < -0.4 is 10.6 Å². The van der Waals surface area contributed by atoms with Crippen LogP contribution in [0.3, 0.4) is 0 Å². The molecular weight excluding hydrogens is 415 g/mol. The molecule has 134 valence electrons. The number of aliphatic imine (C=N–C) groups is 1. The summed E-state index contributed by atoms with van der Waals surface area (Å²) in [4.78, 5) is 18.7. The third-order valence-electron chi connectivity index (χ3n) is 4.02. The number of rotatable bonds is 5. The lowest BCUT2D eigenvalue weighted by molar-refractivity contribution is -0.119. The lowest BCUT2D eigenvalue weighted by atomic mass is 9.93. The van der Waals surface area contributed by atoms with E-state index in [2.05, 4.69) is 34.4 Å². The number of nitrogens with zero attached hydrogens (tertiary/aromatic N) is 2. The number of halogens is 1. The molecule has 1 aliphatic heterocycles. The van der Waals surface area contributed by atoms with Gasteiger partial charge in [-0.3, -0.25) is 4.79 Å². The number of amides is 1. The Morgan fingerprint density at radius 3 is 2.54 bits per heavy atom. The Hall–Kier alpha value is -1.31. The van der Waals surface area contributed by atoms with Gasteiger partial charge in [0.05, 0.1) is 0 Å². The van der Waals surface area contributed by atoms with Crippen LogP contribution in [0, 0.1) is 5.41 Å². The van der Waals surface area contributed by atoms with Gasteiger partial charge in [-0.05, 0) is 24.3 Å². The van der Waals surface area contributed by atoms with Gasteiger partial charge in [0.1, 0.15) is 6.54 Å². The zero-order valence-electron chi connectivity index (χ0n) is 14.8. The van der Waals surface area contributed by atoms with Crippen LogP contribution in [0.5, 0.6) is 0 Å². The fourth-order valence-electron chi connectivity index (χ4n) is 2.72. The molecule has 0 aliphatic carbocycles. The molecule has 6 heteroatoms. The average Bonchev–Trinajstić information content (AvgIpc) is 2.90. The Kier molecular flexibility index (Phi) is 8.52. The fraction of sp³-hybridized carbons (Fsp3) is 0.556. The van der Waals surface area contributed by atoms with Crippen molar-refractivity contribution in [2.75, 3.05) is 26.2 Å². The number of hydrogen-bond donors (Lipinski definition) is 2. The largest absolute Gasteiger partial charge is 0.357 e. The van der Waals surface area contributed by atoms with Crippen molar-refractivity contribution < 1.29 is 4.79 Å². The second-order valence-electron chi connectivity index (χ2n) is 6.77. The number of guanidine groups is 1. The predicted molar refractivity (Wildman–Crippen MR) is 110 cm³/mol. The molecule has 0 unspecified atom stereocenters. The standard InChI is InChI=1S/C18H28N4O.HI/c1-4-19-17(22-11-10-18(2,3)14-22)21-13-16(23)20-12-15-8-6-5-7-9-15;/h5-9H,4,10-14H2,1-3H3,(H,19,21)(H,20,23);1H. The summed E-state index contributed by atoms with van der Waals surface area (Å²) in [6, 6.07) is 9.91. The first kappa shape index (κ1) is 20.7. The fourth-order valence-corrected chi connectivity index (χ4v) is 2.72. The van der Waals surface area contributed by atoms with Gasteiger partial charge in [0, 0.05) is 26.2 Å². The van der Waals surface area contributed by atoms with Crippen molar-refractivity contribution in [3.05, 3.63) is 35.9 Å².